The van der Waals surface area contributed by atoms with Gasteiger partial charge >= 0.3 is 0 Å². The number of hydrogen-bond donors (Lipinski definition) is 1. The zero-order valence-corrected chi connectivity index (χ0v) is 21.2. The van der Waals surface area contributed by atoms with E-state index in [1.54, 1.807) is 0 Å². The van der Waals surface area contributed by atoms with Gasteiger partial charge in [0.2, 0.25) is 0 Å². The lowest BCUT2D eigenvalue weighted by atomic mass is 9.50. The molecular weight excluding hydrogens is 364 g/mol. The van der Waals surface area contributed by atoms with Crippen LogP contribution in [-0.2, 0) is 0 Å². The predicted octanol–water partition coefficient (Wildman–Crippen LogP) is 8.17. The Morgan fingerprint density at radius 1 is 1.00 bits per heavy atom. The van der Waals surface area contributed by atoms with Crippen molar-refractivity contribution in [2.45, 2.75) is 125 Å². The molecule has 0 amide bonds. The fourth-order valence-corrected chi connectivity index (χ4v) is 8.50. The van der Waals surface area contributed by atoms with E-state index < -0.39 is 0 Å². The van der Waals surface area contributed by atoms with Gasteiger partial charge in [0, 0.05) is 0 Å². The van der Waals surface area contributed by atoms with Crippen LogP contribution in [-0.4, -0.2) is 11.2 Å². The van der Waals surface area contributed by atoms with Crippen LogP contribution in [0.15, 0.2) is 11.1 Å². The first-order valence-electron chi connectivity index (χ1n) is 13.4. The molecule has 0 unspecified atom stereocenters. The zero-order valence-electron chi connectivity index (χ0n) is 21.2. The van der Waals surface area contributed by atoms with Gasteiger partial charge in [-0.15, -0.1) is 0 Å². The molecule has 0 bridgehead atoms. The summed E-state index contributed by atoms with van der Waals surface area (Å²) >= 11 is 0. The van der Waals surface area contributed by atoms with Crippen molar-refractivity contribution in [3.8, 4) is 0 Å². The molecule has 0 radical (unpaired) electrons. The van der Waals surface area contributed by atoms with Crippen molar-refractivity contribution in [1.82, 2.24) is 0 Å². The molecule has 0 aromatic carbocycles. The summed E-state index contributed by atoms with van der Waals surface area (Å²) in [5, 5.41) is 10.3. The van der Waals surface area contributed by atoms with Crippen molar-refractivity contribution in [3.05, 3.63) is 11.1 Å². The molecule has 4 aliphatic rings. The van der Waals surface area contributed by atoms with Crippen LogP contribution in [0.3, 0.4) is 0 Å². The Hall–Kier alpha value is -0.300. The molecule has 4 aliphatic carbocycles. The highest BCUT2D eigenvalue weighted by molar-refractivity contribution is 5.34. The third kappa shape index (κ3) is 3.64. The largest absolute Gasteiger partial charge is 0.393 e. The van der Waals surface area contributed by atoms with Crippen LogP contribution in [0.2, 0.25) is 0 Å². The molecular formula is C29H50O. The molecule has 0 aromatic rings. The molecule has 1 heteroatoms. The maximum Gasteiger partial charge on any atom is 0.0543 e. The predicted molar refractivity (Wildman–Crippen MR) is 128 cm³/mol. The molecule has 0 aromatic heterocycles. The van der Waals surface area contributed by atoms with Gasteiger partial charge in [-0.1, -0.05) is 59.6 Å². The summed E-state index contributed by atoms with van der Waals surface area (Å²) in [6.07, 6.45) is 14.4. The van der Waals surface area contributed by atoms with Crippen LogP contribution >= 0.6 is 0 Å². The number of allylic oxidation sites excluding steroid dienone is 2. The highest BCUT2D eigenvalue weighted by Gasteiger charge is 2.55. The Labute approximate surface area is 187 Å². The Balaban J connectivity index is 1.52. The van der Waals surface area contributed by atoms with Crippen molar-refractivity contribution in [3.63, 3.8) is 0 Å². The lowest BCUT2D eigenvalue weighted by Crippen LogP contribution is -2.45. The molecule has 0 heterocycles. The average molecular weight is 415 g/mol. The normalized spacial score (nSPS) is 42.7. The number of fused-ring (bicyclic) bond motifs is 4. The first-order valence-corrected chi connectivity index (χ1v) is 13.4. The van der Waals surface area contributed by atoms with Gasteiger partial charge in [-0.25, -0.2) is 0 Å². The first kappa shape index (κ1) is 22.9. The lowest BCUT2D eigenvalue weighted by Gasteiger charge is -2.55. The Morgan fingerprint density at radius 2 is 1.73 bits per heavy atom. The van der Waals surface area contributed by atoms with E-state index in [0.717, 1.165) is 42.4 Å². The van der Waals surface area contributed by atoms with Crippen LogP contribution < -0.4 is 0 Å². The monoisotopic (exact) mass is 414 g/mol. The number of rotatable bonds is 5. The van der Waals surface area contributed by atoms with Gasteiger partial charge < -0.3 is 5.11 Å². The summed E-state index contributed by atoms with van der Waals surface area (Å²) in [6.45, 7) is 17.6. The van der Waals surface area contributed by atoms with Gasteiger partial charge in [-0.05, 0) is 116 Å². The Morgan fingerprint density at radius 3 is 2.43 bits per heavy atom. The number of hydrogen-bond acceptors (Lipinski definition) is 1. The standard InChI is InChI=1S/C29H50O/c1-19(2)27(4,5)15-12-20(3)24-10-11-25-23-9-8-21-18-22(30)13-16-28(21,6)26(23)14-17-29(24,25)7/h19-22,24-25,30H,8-18H2,1-7H3/t20-,21+,22+,24-,25+,28+,29-/m1/s1. The van der Waals surface area contributed by atoms with Crippen LogP contribution in [0, 0.1) is 45.8 Å². The topological polar surface area (TPSA) is 20.2 Å². The minimum absolute atomic E-state index is 0.0362. The van der Waals surface area contributed by atoms with Gasteiger partial charge in [0.25, 0.3) is 0 Å². The van der Waals surface area contributed by atoms with E-state index in [-0.39, 0.29) is 6.10 Å². The third-order valence-electron chi connectivity index (χ3n) is 11.5. The van der Waals surface area contributed by atoms with E-state index in [9.17, 15) is 5.11 Å². The van der Waals surface area contributed by atoms with Crippen LogP contribution in [0.25, 0.3) is 0 Å². The second kappa shape index (κ2) is 7.93. The third-order valence-corrected chi connectivity index (χ3v) is 11.5. The fourth-order valence-electron chi connectivity index (χ4n) is 8.50. The van der Waals surface area contributed by atoms with E-state index in [4.69, 9.17) is 0 Å². The molecule has 0 saturated heterocycles. The zero-order chi connectivity index (χ0) is 21.9. The highest BCUT2D eigenvalue weighted by Crippen LogP contribution is 2.66. The molecule has 1 N–H and O–H groups in total. The molecule has 0 aliphatic heterocycles. The molecule has 0 spiro atoms. The summed E-state index contributed by atoms with van der Waals surface area (Å²) in [5.74, 6) is 4.13. The first-order chi connectivity index (χ1) is 14.0. The van der Waals surface area contributed by atoms with Gasteiger partial charge in [-0.3, -0.25) is 0 Å². The summed E-state index contributed by atoms with van der Waals surface area (Å²) in [6, 6.07) is 0. The summed E-state index contributed by atoms with van der Waals surface area (Å²) < 4.78 is 0. The van der Waals surface area contributed by atoms with Crippen molar-refractivity contribution >= 4 is 0 Å². The average Bonchev–Trinajstić information content (AvgIpc) is 3.04. The van der Waals surface area contributed by atoms with Crippen LogP contribution in [0.1, 0.15) is 119 Å². The summed E-state index contributed by atoms with van der Waals surface area (Å²) in [7, 11) is 0. The summed E-state index contributed by atoms with van der Waals surface area (Å²) in [5.41, 5.74) is 5.20. The second-order valence-corrected chi connectivity index (χ2v) is 13.5. The van der Waals surface area contributed by atoms with Crippen molar-refractivity contribution in [1.29, 1.82) is 0 Å². The fraction of sp³-hybridized carbons (Fsp3) is 0.931. The minimum atomic E-state index is -0.0362. The quantitative estimate of drug-likeness (QED) is 0.450. The second-order valence-electron chi connectivity index (χ2n) is 13.5. The van der Waals surface area contributed by atoms with E-state index in [1.807, 2.05) is 11.1 Å². The van der Waals surface area contributed by atoms with Crippen LogP contribution in [0.4, 0.5) is 0 Å². The number of aliphatic hydroxyl groups excluding tert-OH is 1. The van der Waals surface area contributed by atoms with E-state index in [1.165, 1.54) is 57.8 Å². The van der Waals surface area contributed by atoms with E-state index in [0.29, 0.717) is 16.2 Å². The summed E-state index contributed by atoms with van der Waals surface area (Å²) in [4.78, 5) is 0. The SMILES string of the molecule is CC(C)C(C)(C)CC[C@@H](C)[C@H]1CC[C@H]2C3=C(CC[C@]12C)[C@@]1(C)CC[C@H](O)C[C@@H]1CC3. The maximum atomic E-state index is 10.3. The molecule has 2 fully saturated rings. The van der Waals surface area contributed by atoms with E-state index >= 15 is 0 Å². The van der Waals surface area contributed by atoms with Gasteiger partial charge in [0.05, 0.1) is 6.10 Å². The van der Waals surface area contributed by atoms with Gasteiger partial charge in [0.15, 0.2) is 0 Å². The van der Waals surface area contributed by atoms with Gasteiger partial charge in [0.1, 0.15) is 0 Å². The molecule has 1 nitrogen and oxygen atoms in total. The molecule has 172 valence electrons. The lowest BCUT2D eigenvalue weighted by molar-refractivity contribution is 0.0128. The molecule has 30 heavy (non-hydrogen) atoms. The smallest absolute Gasteiger partial charge is 0.0543 e. The van der Waals surface area contributed by atoms with Crippen molar-refractivity contribution < 1.29 is 5.11 Å². The maximum absolute atomic E-state index is 10.3. The Bertz CT molecular complexity index is 672. The minimum Gasteiger partial charge on any atom is -0.393 e. The van der Waals surface area contributed by atoms with Crippen LogP contribution in [0.5, 0.6) is 0 Å². The Kier molecular flexibility index (Phi) is 6.05. The molecule has 4 rings (SSSR count). The molecule has 7 atom stereocenters. The van der Waals surface area contributed by atoms with Crippen molar-refractivity contribution in [2.75, 3.05) is 0 Å². The van der Waals surface area contributed by atoms with Gasteiger partial charge in [-0.2, -0.15) is 0 Å². The van der Waals surface area contributed by atoms with Crippen molar-refractivity contribution in [2.24, 2.45) is 45.8 Å². The molecule has 2 saturated carbocycles. The van der Waals surface area contributed by atoms with E-state index in [2.05, 4.69) is 48.5 Å². The highest BCUT2D eigenvalue weighted by atomic mass is 16.3. The number of aliphatic hydroxyl groups is 1.